The van der Waals surface area contributed by atoms with E-state index in [4.69, 9.17) is 26.8 Å². The number of piperidine rings is 1. The lowest BCUT2D eigenvalue weighted by Gasteiger charge is -2.35. The number of ether oxygens (including phenoxy) is 2. The number of aromatic amines is 1. The monoisotopic (exact) mass is 535 g/mol. The summed E-state index contributed by atoms with van der Waals surface area (Å²) in [7, 11) is 0. The van der Waals surface area contributed by atoms with Gasteiger partial charge in [0, 0.05) is 18.7 Å². The zero-order valence-corrected chi connectivity index (χ0v) is 22.3. The lowest BCUT2D eigenvalue weighted by molar-refractivity contribution is 0.0174. The first-order valence-corrected chi connectivity index (χ1v) is 12.9. The number of anilines is 1. The first-order chi connectivity index (χ1) is 18.1. The van der Waals surface area contributed by atoms with Crippen LogP contribution in [0.25, 0.3) is 22.0 Å². The van der Waals surface area contributed by atoms with Gasteiger partial charge in [-0.2, -0.15) is 5.10 Å². The quantitative estimate of drug-likeness (QED) is 0.331. The Kier molecular flexibility index (Phi) is 6.79. The van der Waals surface area contributed by atoms with Gasteiger partial charge in [0.05, 0.1) is 11.4 Å². The molecule has 1 aliphatic heterocycles. The molecule has 9 nitrogen and oxygen atoms in total. The van der Waals surface area contributed by atoms with Gasteiger partial charge < -0.3 is 24.7 Å². The van der Waals surface area contributed by atoms with Gasteiger partial charge in [0.25, 0.3) is 5.56 Å². The first-order valence-electron chi connectivity index (χ1n) is 12.5. The number of hydrogen-bond donors (Lipinski definition) is 2. The molecule has 1 amide bonds. The number of nitrogen functional groups attached to an aromatic ring is 1. The van der Waals surface area contributed by atoms with Crippen LogP contribution in [0.2, 0.25) is 5.15 Å². The SMILES string of the molecule is CC(C)(C)OC(=O)N1CCC[C@@H](n2c(Cl)c(-c3ccc(Oc4ccccc4)cc3)c3c(N)n[nH]c(=O)c32)C1. The van der Waals surface area contributed by atoms with E-state index in [1.165, 1.54) is 0 Å². The number of carbonyl (C=O) groups is 1. The standard InChI is InChI=1S/C28H30ClN5O4/c1-28(2,3)38-27(36)33-15-7-8-18(16-33)34-23-22(25(30)31-32-26(23)35)21(24(34)29)17-11-13-20(14-12-17)37-19-9-5-4-6-10-19/h4-6,9-14,18H,7-8,15-16H2,1-3H3,(H2,30,31)(H,32,35)/t18-/m1/s1. The molecule has 3 N–H and O–H groups in total. The number of nitrogens with one attached hydrogen (secondary N) is 1. The van der Waals surface area contributed by atoms with Gasteiger partial charge in [-0.05, 0) is 63.4 Å². The average molecular weight is 536 g/mol. The Bertz CT molecular complexity index is 1520. The number of nitrogens with two attached hydrogens (primary N) is 1. The van der Waals surface area contributed by atoms with Crippen LogP contribution in [-0.2, 0) is 4.74 Å². The Morgan fingerprint density at radius 3 is 2.47 bits per heavy atom. The lowest BCUT2D eigenvalue weighted by atomic mass is 10.1. The van der Waals surface area contributed by atoms with E-state index in [0.717, 1.165) is 24.2 Å². The fraction of sp³-hybridized carbons (Fsp3) is 0.321. The summed E-state index contributed by atoms with van der Waals surface area (Å²) in [4.78, 5) is 27.5. The normalized spacial score (nSPS) is 16.0. The summed E-state index contributed by atoms with van der Waals surface area (Å²) in [5.74, 6) is 1.55. The topological polar surface area (TPSA) is 115 Å². The molecule has 1 atom stereocenters. The highest BCUT2D eigenvalue weighted by atomic mass is 35.5. The molecule has 1 aliphatic rings. The number of nitrogens with zero attached hydrogens (tertiary/aromatic N) is 3. The second kappa shape index (κ2) is 10.1. The zero-order valence-electron chi connectivity index (χ0n) is 21.5. The molecule has 0 saturated carbocycles. The van der Waals surface area contributed by atoms with Crippen LogP contribution in [0.15, 0.2) is 59.4 Å². The minimum atomic E-state index is -0.608. The number of aromatic nitrogens is 3. The Morgan fingerprint density at radius 2 is 1.79 bits per heavy atom. The van der Waals surface area contributed by atoms with Crippen molar-refractivity contribution in [3.05, 3.63) is 70.1 Å². The number of para-hydroxylation sites is 1. The summed E-state index contributed by atoms with van der Waals surface area (Å²) in [5.41, 5.74) is 6.98. The molecule has 38 heavy (non-hydrogen) atoms. The van der Waals surface area contributed by atoms with E-state index in [-0.39, 0.29) is 18.0 Å². The van der Waals surface area contributed by atoms with Crippen LogP contribution in [-0.4, -0.2) is 44.4 Å². The van der Waals surface area contributed by atoms with E-state index < -0.39 is 11.2 Å². The molecule has 0 radical (unpaired) electrons. The van der Waals surface area contributed by atoms with Crippen LogP contribution in [0, 0.1) is 0 Å². The van der Waals surface area contributed by atoms with E-state index in [1.807, 2.05) is 75.4 Å². The van der Waals surface area contributed by atoms with Crippen LogP contribution in [0.5, 0.6) is 11.5 Å². The number of hydrogen-bond acceptors (Lipinski definition) is 6. The number of halogens is 1. The largest absolute Gasteiger partial charge is 0.457 e. The molecule has 2 aromatic heterocycles. The van der Waals surface area contributed by atoms with E-state index >= 15 is 0 Å². The smallest absolute Gasteiger partial charge is 0.410 e. The second-order valence-electron chi connectivity index (χ2n) is 10.4. The van der Waals surface area contributed by atoms with Crippen LogP contribution >= 0.6 is 11.6 Å². The van der Waals surface area contributed by atoms with Crippen molar-refractivity contribution in [3.8, 4) is 22.6 Å². The van der Waals surface area contributed by atoms with E-state index in [2.05, 4.69) is 10.2 Å². The van der Waals surface area contributed by atoms with Crippen molar-refractivity contribution in [1.29, 1.82) is 0 Å². The molecule has 1 saturated heterocycles. The molecule has 4 aromatic rings. The van der Waals surface area contributed by atoms with Crippen molar-refractivity contribution in [3.63, 3.8) is 0 Å². The van der Waals surface area contributed by atoms with E-state index in [1.54, 1.807) is 9.47 Å². The van der Waals surface area contributed by atoms with Crippen molar-refractivity contribution < 1.29 is 14.3 Å². The summed E-state index contributed by atoms with van der Waals surface area (Å²) >= 11 is 7.03. The van der Waals surface area contributed by atoms with Crippen molar-refractivity contribution in [2.24, 2.45) is 0 Å². The maximum absolute atomic E-state index is 13.1. The summed E-state index contributed by atoms with van der Waals surface area (Å²) in [6.45, 7) is 6.42. The highest BCUT2D eigenvalue weighted by Gasteiger charge is 2.32. The van der Waals surface area contributed by atoms with Crippen LogP contribution < -0.4 is 16.0 Å². The molecule has 3 heterocycles. The van der Waals surface area contributed by atoms with Crippen molar-refractivity contribution in [1.82, 2.24) is 19.7 Å². The van der Waals surface area contributed by atoms with E-state index in [0.29, 0.717) is 40.5 Å². The van der Waals surface area contributed by atoms with Crippen LogP contribution in [0.1, 0.15) is 39.7 Å². The number of benzene rings is 2. The zero-order chi connectivity index (χ0) is 27.0. The Hall–Kier alpha value is -3.98. The third-order valence-corrected chi connectivity index (χ3v) is 6.80. The maximum Gasteiger partial charge on any atom is 0.410 e. The Labute approximate surface area is 225 Å². The molecule has 0 unspecified atom stereocenters. The highest BCUT2D eigenvalue weighted by Crippen LogP contribution is 2.42. The fourth-order valence-corrected chi connectivity index (χ4v) is 5.26. The van der Waals surface area contributed by atoms with Crippen molar-refractivity contribution in [2.75, 3.05) is 18.8 Å². The Morgan fingerprint density at radius 1 is 1.11 bits per heavy atom. The van der Waals surface area contributed by atoms with Crippen molar-refractivity contribution >= 4 is 34.4 Å². The Balaban J connectivity index is 1.54. The molecule has 198 valence electrons. The third kappa shape index (κ3) is 5.06. The molecular formula is C28H30ClN5O4. The predicted octanol–water partition coefficient (Wildman–Crippen LogP) is 5.99. The van der Waals surface area contributed by atoms with Gasteiger partial charge in [-0.1, -0.05) is 41.9 Å². The summed E-state index contributed by atoms with van der Waals surface area (Å²) in [6, 6.07) is 16.7. The molecule has 2 aromatic carbocycles. The van der Waals surface area contributed by atoms with E-state index in [9.17, 15) is 9.59 Å². The molecule has 0 aliphatic carbocycles. The van der Waals surface area contributed by atoms with Gasteiger partial charge in [-0.25, -0.2) is 9.89 Å². The molecule has 0 bridgehead atoms. The van der Waals surface area contributed by atoms with Crippen LogP contribution in [0.4, 0.5) is 10.6 Å². The van der Waals surface area contributed by atoms with Gasteiger partial charge >= 0.3 is 6.09 Å². The second-order valence-corrected chi connectivity index (χ2v) is 10.7. The lowest BCUT2D eigenvalue weighted by Crippen LogP contribution is -2.43. The molecule has 10 heteroatoms. The number of H-pyrrole nitrogens is 1. The minimum absolute atomic E-state index is 0.166. The van der Waals surface area contributed by atoms with Gasteiger partial charge in [0.1, 0.15) is 27.8 Å². The highest BCUT2D eigenvalue weighted by molar-refractivity contribution is 6.35. The molecule has 1 fully saturated rings. The third-order valence-electron chi connectivity index (χ3n) is 6.43. The summed E-state index contributed by atoms with van der Waals surface area (Å²) < 4.78 is 13.3. The minimum Gasteiger partial charge on any atom is -0.457 e. The number of fused-ring (bicyclic) bond motifs is 1. The number of likely N-dealkylation sites (tertiary alicyclic amines) is 1. The van der Waals surface area contributed by atoms with Gasteiger partial charge in [-0.15, -0.1) is 0 Å². The number of carbonyl (C=O) groups excluding carboxylic acids is 1. The van der Waals surface area contributed by atoms with Gasteiger partial charge in [0.15, 0.2) is 5.82 Å². The van der Waals surface area contributed by atoms with Gasteiger partial charge in [0.2, 0.25) is 0 Å². The van der Waals surface area contributed by atoms with Gasteiger partial charge in [-0.3, -0.25) is 4.79 Å². The maximum atomic E-state index is 13.1. The number of rotatable bonds is 4. The molecular weight excluding hydrogens is 506 g/mol. The van der Waals surface area contributed by atoms with Crippen LogP contribution in [0.3, 0.4) is 0 Å². The molecule has 5 rings (SSSR count). The predicted molar refractivity (Wildman–Crippen MR) is 148 cm³/mol. The summed E-state index contributed by atoms with van der Waals surface area (Å²) in [6.07, 6.45) is 1.08. The number of amides is 1. The van der Waals surface area contributed by atoms with Crippen molar-refractivity contribution in [2.45, 2.75) is 45.3 Å². The first kappa shape index (κ1) is 25.7. The fourth-order valence-electron chi connectivity index (χ4n) is 4.83. The average Bonchev–Trinajstić information content (AvgIpc) is 3.20. The molecule has 0 spiro atoms. The summed E-state index contributed by atoms with van der Waals surface area (Å²) in [5, 5.41) is 7.32.